The van der Waals surface area contributed by atoms with Crippen molar-refractivity contribution < 1.29 is 4.74 Å². The van der Waals surface area contributed by atoms with Crippen LogP contribution in [-0.4, -0.2) is 37.1 Å². The number of nitrogens with zero attached hydrogens (tertiary/aromatic N) is 2. The second-order valence-electron chi connectivity index (χ2n) is 4.74. The maximum absolute atomic E-state index is 5.80. The van der Waals surface area contributed by atoms with Gasteiger partial charge in [-0.1, -0.05) is 12.1 Å². The monoisotopic (exact) mass is 291 g/mol. The molecule has 108 valence electrons. The van der Waals surface area contributed by atoms with E-state index in [9.17, 15) is 0 Å². The van der Waals surface area contributed by atoms with Gasteiger partial charge in [0, 0.05) is 25.0 Å². The third-order valence-corrected chi connectivity index (χ3v) is 3.57. The van der Waals surface area contributed by atoms with Gasteiger partial charge < -0.3 is 10.1 Å². The van der Waals surface area contributed by atoms with Crippen molar-refractivity contribution in [2.45, 2.75) is 13.1 Å². The normalized spacial score (nSPS) is 10.9. The molecule has 0 saturated heterocycles. The number of benzene rings is 1. The Bertz CT molecular complexity index is 502. The minimum absolute atomic E-state index is 0.684. The predicted octanol–water partition coefficient (Wildman–Crippen LogP) is 2.37. The van der Waals surface area contributed by atoms with Gasteiger partial charge >= 0.3 is 0 Å². The summed E-state index contributed by atoms with van der Waals surface area (Å²) in [5, 5.41) is 5.22. The molecule has 0 bridgehead atoms. The van der Waals surface area contributed by atoms with E-state index in [-0.39, 0.29) is 0 Å². The fraction of sp³-hybridized carbons (Fsp3) is 0.400. The molecule has 1 heterocycles. The topological polar surface area (TPSA) is 37.4 Å². The van der Waals surface area contributed by atoms with E-state index in [1.54, 1.807) is 11.3 Å². The van der Waals surface area contributed by atoms with E-state index in [1.165, 1.54) is 5.56 Å². The van der Waals surface area contributed by atoms with Crippen LogP contribution in [0.4, 0.5) is 0 Å². The van der Waals surface area contributed by atoms with Gasteiger partial charge in [-0.3, -0.25) is 4.90 Å². The number of hydrogen-bond donors (Lipinski definition) is 1. The Labute approximate surface area is 124 Å². The van der Waals surface area contributed by atoms with Crippen molar-refractivity contribution in [3.8, 4) is 5.75 Å². The highest BCUT2D eigenvalue weighted by molar-refractivity contribution is 7.07. The molecule has 0 saturated carbocycles. The minimum atomic E-state index is 0.684. The van der Waals surface area contributed by atoms with E-state index in [4.69, 9.17) is 4.74 Å². The van der Waals surface area contributed by atoms with Gasteiger partial charge in [0.15, 0.2) is 0 Å². The zero-order chi connectivity index (χ0) is 14.2. The number of aromatic nitrogens is 1. The number of nitrogens with one attached hydrogen (secondary N) is 1. The van der Waals surface area contributed by atoms with Crippen LogP contribution in [-0.2, 0) is 13.1 Å². The zero-order valence-corrected chi connectivity index (χ0v) is 12.8. The fourth-order valence-corrected chi connectivity index (χ4v) is 2.49. The maximum Gasteiger partial charge on any atom is 0.119 e. The summed E-state index contributed by atoms with van der Waals surface area (Å²) < 4.78 is 5.80. The summed E-state index contributed by atoms with van der Waals surface area (Å²) in [6.45, 7) is 3.30. The summed E-state index contributed by atoms with van der Waals surface area (Å²) in [5.41, 5.74) is 4.22. The van der Waals surface area contributed by atoms with Crippen LogP contribution in [0.1, 0.15) is 11.3 Å². The van der Waals surface area contributed by atoms with Crippen molar-refractivity contribution in [1.82, 2.24) is 15.2 Å². The average molecular weight is 291 g/mol. The van der Waals surface area contributed by atoms with E-state index < -0.39 is 0 Å². The molecular formula is C15H21N3OS. The molecule has 2 rings (SSSR count). The Hall–Kier alpha value is -1.43. The average Bonchev–Trinajstić information content (AvgIpc) is 2.92. The summed E-state index contributed by atoms with van der Waals surface area (Å²) >= 11 is 1.63. The lowest BCUT2D eigenvalue weighted by Gasteiger charge is -2.16. The van der Waals surface area contributed by atoms with Gasteiger partial charge in [0.2, 0.25) is 0 Å². The molecule has 1 aromatic carbocycles. The highest BCUT2D eigenvalue weighted by Crippen LogP contribution is 2.13. The summed E-state index contributed by atoms with van der Waals surface area (Å²) in [5.74, 6) is 0.930. The Morgan fingerprint density at radius 2 is 2.30 bits per heavy atom. The molecular weight excluding hydrogens is 270 g/mol. The summed E-state index contributed by atoms with van der Waals surface area (Å²) in [6.07, 6.45) is 0. The molecule has 0 spiro atoms. The molecule has 0 atom stereocenters. The Balaban J connectivity index is 1.73. The minimum Gasteiger partial charge on any atom is -0.492 e. The summed E-state index contributed by atoms with van der Waals surface area (Å²) in [4.78, 5) is 6.50. The van der Waals surface area contributed by atoms with Gasteiger partial charge in [-0.05, 0) is 31.8 Å². The van der Waals surface area contributed by atoms with Gasteiger partial charge in [-0.2, -0.15) is 0 Å². The van der Waals surface area contributed by atoms with Gasteiger partial charge in [-0.25, -0.2) is 4.98 Å². The van der Waals surface area contributed by atoms with Crippen LogP contribution >= 0.6 is 11.3 Å². The molecule has 20 heavy (non-hydrogen) atoms. The predicted molar refractivity (Wildman–Crippen MR) is 83.1 cm³/mol. The number of hydrogen-bond acceptors (Lipinski definition) is 5. The first-order chi connectivity index (χ1) is 9.78. The van der Waals surface area contributed by atoms with Crippen molar-refractivity contribution >= 4 is 11.3 Å². The first-order valence-electron chi connectivity index (χ1n) is 6.70. The van der Waals surface area contributed by atoms with Crippen molar-refractivity contribution in [2.75, 3.05) is 27.2 Å². The highest BCUT2D eigenvalue weighted by Gasteiger charge is 2.02. The van der Waals surface area contributed by atoms with Gasteiger partial charge in [0.25, 0.3) is 0 Å². The van der Waals surface area contributed by atoms with Gasteiger partial charge in [0.1, 0.15) is 12.4 Å². The van der Waals surface area contributed by atoms with Crippen molar-refractivity contribution in [2.24, 2.45) is 0 Å². The number of likely N-dealkylation sites (N-methyl/N-ethyl adjacent to an activating group) is 1. The molecule has 0 amide bonds. The molecule has 0 aliphatic rings. The fourth-order valence-electron chi connectivity index (χ4n) is 1.94. The molecule has 1 N–H and O–H groups in total. The van der Waals surface area contributed by atoms with Crippen molar-refractivity contribution in [3.63, 3.8) is 0 Å². The highest BCUT2D eigenvalue weighted by atomic mass is 32.1. The van der Waals surface area contributed by atoms with E-state index in [2.05, 4.69) is 39.8 Å². The maximum atomic E-state index is 5.80. The smallest absolute Gasteiger partial charge is 0.119 e. The Morgan fingerprint density at radius 1 is 1.40 bits per heavy atom. The number of thiazole rings is 1. The van der Waals surface area contributed by atoms with Crippen LogP contribution in [0.5, 0.6) is 5.75 Å². The first-order valence-corrected chi connectivity index (χ1v) is 7.64. The third kappa shape index (κ3) is 4.92. The van der Waals surface area contributed by atoms with E-state index in [0.717, 1.165) is 31.1 Å². The second-order valence-corrected chi connectivity index (χ2v) is 5.46. The first kappa shape index (κ1) is 15.0. The summed E-state index contributed by atoms with van der Waals surface area (Å²) in [7, 11) is 4.03. The van der Waals surface area contributed by atoms with Crippen molar-refractivity contribution in [3.05, 3.63) is 46.4 Å². The summed E-state index contributed by atoms with van der Waals surface area (Å²) in [6, 6.07) is 8.20. The van der Waals surface area contributed by atoms with Crippen LogP contribution in [0.3, 0.4) is 0 Å². The zero-order valence-electron chi connectivity index (χ0n) is 12.0. The Kier molecular flexibility index (Phi) is 5.98. The SMILES string of the molecule is CNCc1cccc(OCCN(C)Cc2cscn2)c1. The molecule has 4 nitrogen and oxygen atoms in total. The van der Waals surface area contributed by atoms with Gasteiger partial charge in [-0.15, -0.1) is 11.3 Å². The quantitative estimate of drug-likeness (QED) is 0.810. The van der Waals surface area contributed by atoms with E-state index in [0.29, 0.717) is 6.61 Å². The lowest BCUT2D eigenvalue weighted by molar-refractivity contribution is 0.231. The molecule has 2 aromatic rings. The lowest BCUT2D eigenvalue weighted by atomic mass is 10.2. The molecule has 0 aliphatic heterocycles. The largest absolute Gasteiger partial charge is 0.492 e. The van der Waals surface area contributed by atoms with E-state index in [1.807, 2.05) is 24.7 Å². The molecule has 0 radical (unpaired) electrons. The van der Waals surface area contributed by atoms with Crippen LogP contribution in [0.15, 0.2) is 35.2 Å². The number of rotatable bonds is 8. The van der Waals surface area contributed by atoms with Crippen LogP contribution in [0, 0.1) is 0 Å². The molecule has 0 unspecified atom stereocenters. The van der Waals surface area contributed by atoms with Crippen LogP contribution in [0.2, 0.25) is 0 Å². The van der Waals surface area contributed by atoms with Crippen molar-refractivity contribution in [1.29, 1.82) is 0 Å². The van der Waals surface area contributed by atoms with Crippen LogP contribution < -0.4 is 10.1 Å². The van der Waals surface area contributed by atoms with E-state index >= 15 is 0 Å². The molecule has 5 heteroatoms. The standard InChI is InChI=1S/C15H21N3OS/c1-16-9-13-4-3-5-15(8-13)19-7-6-18(2)10-14-11-20-12-17-14/h3-5,8,11-12,16H,6-7,9-10H2,1-2H3. The third-order valence-electron chi connectivity index (χ3n) is 2.94. The molecule has 0 fully saturated rings. The lowest BCUT2D eigenvalue weighted by Crippen LogP contribution is -2.24. The van der Waals surface area contributed by atoms with Gasteiger partial charge in [0.05, 0.1) is 11.2 Å². The van der Waals surface area contributed by atoms with Crippen LogP contribution in [0.25, 0.3) is 0 Å². The second kappa shape index (κ2) is 7.99. The Morgan fingerprint density at radius 3 is 3.05 bits per heavy atom. The number of ether oxygens (including phenoxy) is 1. The molecule has 1 aromatic heterocycles. The molecule has 0 aliphatic carbocycles.